The third kappa shape index (κ3) is 4.64. The molecule has 1 aromatic heterocycles. The molecule has 1 fully saturated rings. The monoisotopic (exact) mass is 491 g/mol. The second-order valence-electron chi connectivity index (χ2n) is 7.68. The van der Waals surface area contributed by atoms with Crippen molar-refractivity contribution in [3.05, 3.63) is 42.0 Å². The Morgan fingerprint density at radius 3 is 2.36 bits per heavy atom. The summed E-state index contributed by atoms with van der Waals surface area (Å²) in [5.41, 5.74) is 6.18. The third-order valence-electron chi connectivity index (χ3n) is 5.41. The van der Waals surface area contributed by atoms with Gasteiger partial charge in [0.25, 0.3) is 0 Å². The van der Waals surface area contributed by atoms with E-state index in [0.29, 0.717) is 25.1 Å². The summed E-state index contributed by atoms with van der Waals surface area (Å²) in [6.07, 6.45) is 0.659. The first-order chi connectivity index (χ1) is 15.6. The lowest BCUT2D eigenvalue weighted by Crippen LogP contribution is -2.23. The van der Waals surface area contributed by atoms with E-state index in [1.807, 2.05) is 0 Å². The molecule has 0 bridgehead atoms. The predicted molar refractivity (Wildman–Crippen MR) is 118 cm³/mol. The molecule has 0 unspecified atom stereocenters. The number of benzene rings is 2. The van der Waals surface area contributed by atoms with Crippen molar-refractivity contribution < 1.29 is 21.6 Å². The molecule has 0 aliphatic carbocycles. The van der Waals surface area contributed by atoms with Gasteiger partial charge in [-0.25, -0.2) is 22.0 Å². The minimum absolute atomic E-state index is 0.108. The Bertz CT molecular complexity index is 1400. The van der Waals surface area contributed by atoms with Gasteiger partial charge in [-0.15, -0.1) is 10.2 Å². The molecule has 2 aromatic carbocycles. The van der Waals surface area contributed by atoms with Gasteiger partial charge in [-0.3, -0.25) is 4.79 Å². The second kappa shape index (κ2) is 8.62. The minimum atomic E-state index is -4.55. The Morgan fingerprint density at radius 1 is 1.09 bits per heavy atom. The fourth-order valence-electron chi connectivity index (χ4n) is 3.89. The number of carbonyl (C=O) groups excluding carboxylic acids is 1. The van der Waals surface area contributed by atoms with Crippen molar-refractivity contribution in [2.75, 3.05) is 18.8 Å². The van der Waals surface area contributed by atoms with Crippen molar-refractivity contribution in [1.29, 1.82) is 0 Å². The number of tetrazole rings is 1. The molecule has 1 atom stereocenters. The Hall–Kier alpha value is -3.20. The van der Waals surface area contributed by atoms with Crippen LogP contribution in [0.2, 0.25) is 0 Å². The number of hydrogen-bond acceptors (Lipinski definition) is 9. The Labute approximate surface area is 189 Å². The van der Waals surface area contributed by atoms with Gasteiger partial charge < -0.3 is 11.1 Å². The lowest BCUT2D eigenvalue weighted by Gasteiger charge is -2.17. The lowest BCUT2D eigenvalue weighted by molar-refractivity contribution is 0.1000. The largest absolute Gasteiger partial charge is 0.366 e. The molecule has 2 heterocycles. The number of nitrogens with zero attached hydrogens (tertiary/aromatic N) is 3. The zero-order valence-electron chi connectivity index (χ0n) is 17.2. The number of aromatic nitrogens is 4. The molecule has 0 spiro atoms. The van der Waals surface area contributed by atoms with E-state index in [1.165, 1.54) is 24.3 Å². The van der Waals surface area contributed by atoms with E-state index < -0.39 is 35.6 Å². The molecular formula is C19H21N7O5S2. The van der Waals surface area contributed by atoms with Crippen LogP contribution in [-0.2, 0) is 19.9 Å². The van der Waals surface area contributed by atoms with Gasteiger partial charge in [0.2, 0.25) is 21.8 Å². The smallest absolute Gasteiger partial charge is 0.248 e. The Morgan fingerprint density at radius 2 is 1.82 bits per heavy atom. The molecule has 1 saturated heterocycles. The summed E-state index contributed by atoms with van der Waals surface area (Å²) in [5, 5.41) is 22.1. The number of amides is 1. The Balaban J connectivity index is 1.97. The number of sulfone groups is 1. The van der Waals surface area contributed by atoms with E-state index in [4.69, 9.17) is 10.9 Å². The molecule has 1 aliphatic heterocycles. The van der Waals surface area contributed by atoms with Gasteiger partial charge in [0.05, 0.1) is 16.2 Å². The van der Waals surface area contributed by atoms with Crippen LogP contribution in [0.1, 0.15) is 16.8 Å². The molecule has 3 aromatic rings. The van der Waals surface area contributed by atoms with Gasteiger partial charge in [-0.05, 0) is 60.0 Å². The summed E-state index contributed by atoms with van der Waals surface area (Å²) in [6, 6.07) is 8.70. The summed E-state index contributed by atoms with van der Waals surface area (Å²) in [6.45, 7) is 1.21. The molecule has 0 saturated carbocycles. The van der Waals surface area contributed by atoms with E-state index in [0.717, 1.165) is 0 Å². The molecule has 174 valence electrons. The molecule has 12 nitrogen and oxygen atoms in total. The van der Waals surface area contributed by atoms with Crippen LogP contribution in [0.3, 0.4) is 0 Å². The molecule has 1 aliphatic rings. The highest BCUT2D eigenvalue weighted by atomic mass is 32.2. The second-order valence-corrected chi connectivity index (χ2v) is 11.2. The van der Waals surface area contributed by atoms with Crippen LogP contribution < -0.4 is 16.2 Å². The van der Waals surface area contributed by atoms with Crippen LogP contribution in [-0.4, -0.2) is 62.2 Å². The van der Waals surface area contributed by atoms with Crippen molar-refractivity contribution >= 4 is 25.8 Å². The number of nitrogens with one attached hydrogen (secondary N) is 2. The number of primary sulfonamides is 1. The molecule has 1 amide bonds. The van der Waals surface area contributed by atoms with Crippen LogP contribution >= 0.6 is 0 Å². The molecule has 14 heteroatoms. The van der Waals surface area contributed by atoms with Crippen LogP contribution in [0.15, 0.2) is 46.2 Å². The van der Waals surface area contributed by atoms with Gasteiger partial charge >= 0.3 is 0 Å². The molecule has 33 heavy (non-hydrogen) atoms. The molecule has 0 radical (unpaired) electrons. The fourth-order valence-corrected chi connectivity index (χ4v) is 7.20. The minimum Gasteiger partial charge on any atom is -0.366 e. The maximum absolute atomic E-state index is 13.3. The molecule has 6 N–H and O–H groups in total. The van der Waals surface area contributed by atoms with Crippen LogP contribution in [0, 0.1) is 5.92 Å². The van der Waals surface area contributed by atoms with Crippen LogP contribution in [0.25, 0.3) is 22.5 Å². The van der Waals surface area contributed by atoms with Crippen molar-refractivity contribution in [2.45, 2.75) is 16.2 Å². The predicted octanol–water partition coefficient (Wildman–Crippen LogP) is -0.337. The summed E-state index contributed by atoms with van der Waals surface area (Å²) < 4.78 is 52.0. The maximum Gasteiger partial charge on any atom is 0.248 e. The fraction of sp³-hybridized carbons (Fsp3) is 0.263. The first-order valence-corrected chi connectivity index (χ1v) is 13.0. The number of carbonyl (C=O) groups is 1. The topological polar surface area (TPSA) is 204 Å². The number of aromatic amines is 1. The van der Waals surface area contributed by atoms with Gasteiger partial charge in [-0.1, -0.05) is 18.2 Å². The van der Waals surface area contributed by atoms with Crippen molar-refractivity contribution in [1.82, 2.24) is 25.9 Å². The molecular weight excluding hydrogens is 470 g/mol. The van der Waals surface area contributed by atoms with E-state index in [9.17, 15) is 21.6 Å². The zero-order chi connectivity index (χ0) is 23.8. The van der Waals surface area contributed by atoms with Gasteiger partial charge in [-0.2, -0.15) is 5.21 Å². The molecule has 4 rings (SSSR count). The van der Waals surface area contributed by atoms with E-state index >= 15 is 0 Å². The first-order valence-electron chi connectivity index (χ1n) is 9.85. The van der Waals surface area contributed by atoms with Gasteiger partial charge in [0, 0.05) is 5.56 Å². The van der Waals surface area contributed by atoms with Gasteiger partial charge in [0.15, 0.2) is 9.84 Å². The average molecular weight is 492 g/mol. The standard InChI is InChI=1S/C19H21N7O5S2/c20-18(27)13-3-1-12(2-4-13)14-5-6-15(32(28,29)10-11-7-8-22-9-11)17(33(21,30)31)16(14)19-23-25-26-24-19/h1-6,11,22H,7-10H2,(H2,20,27)(H2,21,30,31)(H,23,24,25,26)/t11-/m1/s1. The highest BCUT2D eigenvalue weighted by Gasteiger charge is 2.33. The SMILES string of the molecule is NC(=O)c1ccc(-c2ccc(S(=O)(=O)C[C@@H]3CCNC3)c(S(N)(=O)=O)c2-c2nn[nH]n2)cc1. The summed E-state index contributed by atoms with van der Waals surface area (Å²) in [7, 11) is -8.58. The van der Waals surface area contributed by atoms with Crippen LogP contribution in [0.4, 0.5) is 0 Å². The van der Waals surface area contributed by atoms with Crippen molar-refractivity contribution in [2.24, 2.45) is 16.8 Å². The highest BCUT2D eigenvalue weighted by Crippen LogP contribution is 2.39. The number of H-pyrrole nitrogens is 1. The number of sulfonamides is 1. The van der Waals surface area contributed by atoms with Gasteiger partial charge in [0.1, 0.15) is 4.90 Å². The first kappa shape index (κ1) is 23.0. The maximum atomic E-state index is 13.3. The number of primary amides is 1. The summed E-state index contributed by atoms with van der Waals surface area (Å²) in [5.74, 6) is -1.17. The zero-order valence-corrected chi connectivity index (χ0v) is 18.9. The number of nitrogens with two attached hydrogens (primary N) is 2. The van der Waals surface area contributed by atoms with E-state index in [1.54, 1.807) is 12.1 Å². The van der Waals surface area contributed by atoms with Crippen molar-refractivity contribution in [3.63, 3.8) is 0 Å². The Kier molecular flexibility index (Phi) is 6.00. The van der Waals surface area contributed by atoms with E-state index in [-0.39, 0.29) is 34.2 Å². The van der Waals surface area contributed by atoms with Crippen molar-refractivity contribution in [3.8, 4) is 22.5 Å². The normalized spacial score (nSPS) is 16.7. The van der Waals surface area contributed by atoms with E-state index in [2.05, 4.69) is 25.9 Å². The third-order valence-corrected chi connectivity index (χ3v) is 8.45. The quantitative estimate of drug-likeness (QED) is 0.341. The number of rotatable bonds is 7. The number of hydrogen-bond donors (Lipinski definition) is 4. The average Bonchev–Trinajstić information content (AvgIpc) is 3.46. The van der Waals surface area contributed by atoms with Crippen LogP contribution in [0.5, 0.6) is 0 Å². The summed E-state index contributed by atoms with van der Waals surface area (Å²) >= 11 is 0. The highest BCUT2D eigenvalue weighted by molar-refractivity contribution is 7.93. The summed E-state index contributed by atoms with van der Waals surface area (Å²) in [4.78, 5) is 10.4. The lowest BCUT2D eigenvalue weighted by atomic mass is 9.98.